The molecular formula is C18H23O7-. The van der Waals surface area contributed by atoms with Crippen molar-refractivity contribution in [1.29, 1.82) is 0 Å². The molecule has 1 aliphatic carbocycles. The fourth-order valence-corrected chi connectivity index (χ4v) is 2.83. The lowest BCUT2D eigenvalue weighted by Crippen LogP contribution is -2.48. The van der Waals surface area contributed by atoms with Gasteiger partial charge < -0.3 is 24.1 Å². The van der Waals surface area contributed by atoms with E-state index in [0.29, 0.717) is 19.4 Å². The highest BCUT2D eigenvalue weighted by Crippen LogP contribution is 2.38. The Balaban J connectivity index is 1.98. The number of rotatable bonds is 8. The maximum absolute atomic E-state index is 12.6. The standard InChI is InChI=1S/C18H24O7/c1-11(2)16(21)23-9-7-13(14-10-24-14)25-17(22)18(3)8-5-4-6-12(18)15(19)20/h5,8,12-14H,1,4,6-7,9-10H2,2-3H3,(H,19,20)/p-1. The molecule has 0 N–H and O–H groups in total. The Morgan fingerprint density at radius 3 is 2.68 bits per heavy atom. The van der Waals surface area contributed by atoms with Crippen molar-refractivity contribution in [2.75, 3.05) is 13.2 Å². The van der Waals surface area contributed by atoms with Crippen LogP contribution in [-0.2, 0) is 28.6 Å². The highest BCUT2D eigenvalue weighted by atomic mass is 16.6. The van der Waals surface area contributed by atoms with E-state index < -0.39 is 35.3 Å². The van der Waals surface area contributed by atoms with Gasteiger partial charge in [-0.3, -0.25) is 4.79 Å². The van der Waals surface area contributed by atoms with Gasteiger partial charge in [-0.2, -0.15) is 0 Å². The van der Waals surface area contributed by atoms with Crippen molar-refractivity contribution in [2.24, 2.45) is 11.3 Å². The molecule has 0 saturated carbocycles. The molecule has 0 radical (unpaired) electrons. The Morgan fingerprint density at radius 1 is 1.44 bits per heavy atom. The van der Waals surface area contributed by atoms with Crippen LogP contribution >= 0.6 is 0 Å². The monoisotopic (exact) mass is 351 g/mol. The van der Waals surface area contributed by atoms with Gasteiger partial charge in [0.15, 0.2) is 0 Å². The summed E-state index contributed by atoms with van der Waals surface area (Å²) >= 11 is 0. The molecule has 138 valence electrons. The molecule has 7 heteroatoms. The summed E-state index contributed by atoms with van der Waals surface area (Å²) in [6.45, 7) is 7.07. The molecule has 1 fully saturated rings. The highest BCUT2D eigenvalue weighted by molar-refractivity contribution is 5.87. The summed E-state index contributed by atoms with van der Waals surface area (Å²) in [6, 6.07) is 0. The SMILES string of the molecule is C=C(C)C(=O)OCCC(OC(=O)C1(C)C=CCCC1C(=O)[O-])C1CO1. The second-order valence-electron chi connectivity index (χ2n) is 6.65. The van der Waals surface area contributed by atoms with Crippen LogP contribution < -0.4 is 5.11 Å². The number of carbonyl (C=O) groups is 3. The molecule has 1 saturated heterocycles. The average molecular weight is 351 g/mol. The molecule has 1 aliphatic heterocycles. The van der Waals surface area contributed by atoms with Crippen LogP contribution in [0.4, 0.5) is 0 Å². The van der Waals surface area contributed by atoms with Crippen LogP contribution in [0.5, 0.6) is 0 Å². The lowest BCUT2D eigenvalue weighted by molar-refractivity contribution is -0.315. The minimum atomic E-state index is -1.28. The summed E-state index contributed by atoms with van der Waals surface area (Å²) < 4.78 is 15.7. The fraction of sp³-hybridized carbons (Fsp3) is 0.611. The third-order valence-electron chi connectivity index (χ3n) is 4.55. The van der Waals surface area contributed by atoms with Crippen molar-refractivity contribution in [3.8, 4) is 0 Å². The highest BCUT2D eigenvalue weighted by Gasteiger charge is 2.45. The third kappa shape index (κ3) is 4.69. The van der Waals surface area contributed by atoms with Crippen molar-refractivity contribution in [1.82, 2.24) is 0 Å². The van der Waals surface area contributed by atoms with Crippen molar-refractivity contribution in [3.63, 3.8) is 0 Å². The van der Waals surface area contributed by atoms with Crippen LogP contribution in [0, 0.1) is 11.3 Å². The largest absolute Gasteiger partial charge is 0.550 e. The number of epoxide rings is 1. The van der Waals surface area contributed by atoms with E-state index in [4.69, 9.17) is 14.2 Å². The lowest BCUT2D eigenvalue weighted by atomic mass is 9.71. The summed E-state index contributed by atoms with van der Waals surface area (Å²) in [6.07, 6.45) is 3.66. The van der Waals surface area contributed by atoms with Crippen LogP contribution in [0.1, 0.15) is 33.1 Å². The van der Waals surface area contributed by atoms with Crippen LogP contribution in [0.2, 0.25) is 0 Å². The molecule has 0 aromatic heterocycles. The molecule has 0 bridgehead atoms. The van der Waals surface area contributed by atoms with Gasteiger partial charge in [-0.25, -0.2) is 4.79 Å². The predicted molar refractivity (Wildman–Crippen MR) is 85.0 cm³/mol. The zero-order chi connectivity index (χ0) is 18.6. The van der Waals surface area contributed by atoms with Gasteiger partial charge in [0.05, 0.1) is 18.6 Å². The third-order valence-corrected chi connectivity index (χ3v) is 4.55. The Bertz CT molecular complexity index is 590. The Hall–Kier alpha value is -2.15. The summed E-state index contributed by atoms with van der Waals surface area (Å²) in [5, 5.41) is 11.4. The maximum Gasteiger partial charge on any atom is 0.333 e. The zero-order valence-corrected chi connectivity index (χ0v) is 14.5. The average Bonchev–Trinajstić information content (AvgIpc) is 3.38. The summed E-state index contributed by atoms with van der Waals surface area (Å²) in [4.78, 5) is 35.4. The molecule has 4 atom stereocenters. The van der Waals surface area contributed by atoms with Gasteiger partial charge in [0.2, 0.25) is 0 Å². The van der Waals surface area contributed by atoms with E-state index in [2.05, 4.69) is 6.58 Å². The second-order valence-corrected chi connectivity index (χ2v) is 6.65. The molecule has 2 rings (SSSR count). The number of hydrogen-bond donors (Lipinski definition) is 0. The molecule has 2 aliphatic rings. The van der Waals surface area contributed by atoms with Crippen molar-refractivity contribution >= 4 is 17.9 Å². The van der Waals surface area contributed by atoms with E-state index in [0.717, 1.165) is 0 Å². The number of esters is 2. The van der Waals surface area contributed by atoms with Gasteiger partial charge in [0.25, 0.3) is 0 Å². The van der Waals surface area contributed by atoms with Gasteiger partial charge in [-0.15, -0.1) is 0 Å². The van der Waals surface area contributed by atoms with Crippen LogP contribution in [-0.4, -0.2) is 43.3 Å². The van der Waals surface area contributed by atoms with Gasteiger partial charge in [-0.1, -0.05) is 18.7 Å². The van der Waals surface area contributed by atoms with E-state index in [-0.39, 0.29) is 24.7 Å². The first-order valence-corrected chi connectivity index (χ1v) is 8.29. The number of aliphatic carboxylic acids is 1. The van der Waals surface area contributed by atoms with Gasteiger partial charge >= 0.3 is 11.9 Å². The topological polar surface area (TPSA) is 105 Å². The molecule has 1 heterocycles. The van der Waals surface area contributed by atoms with Gasteiger partial charge in [0, 0.05) is 23.9 Å². The van der Waals surface area contributed by atoms with Crippen LogP contribution in [0.15, 0.2) is 24.3 Å². The predicted octanol–water partition coefficient (Wildman–Crippen LogP) is 0.529. The minimum Gasteiger partial charge on any atom is -0.550 e. The molecule has 0 aromatic rings. The second kappa shape index (κ2) is 7.82. The first kappa shape index (κ1) is 19.2. The minimum absolute atomic E-state index is 0.0555. The van der Waals surface area contributed by atoms with E-state index in [1.54, 1.807) is 19.1 Å². The number of carboxylic acids is 1. The summed E-state index contributed by atoms with van der Waals surface area (Å²) in [7, 11) is 0. The molecule has 0 amide bonds. The lowest BCUT2D eigenvalue weighted by Gasteiger charge is -2.37. The van der Waals surface area contributed by atoms with Gasteiger partial charge in [-0.05, 0) is 26.7 Å². The fourth-order valence-electron chi connectivity index (χ4n) is 2.83. The zero-order valence-electron chi connectivity index (χ0n) is 14.5. The van der Waals surface area contributed by atoms with Gasteiger partial charge in [0.1, 0.15) is 12.2 Å². The normalized spacial score (nSPS) is 28.7. The first-order valence-electron chi connectivity index (χ1n) is 8.29. The molecule has 4 unspecified atom stereocenters. The molecule has 0 spiro atoms. The number of carbonyl (C=O) groups excluding carboxylic acids is 3. The molecule has 0 aromatic carbocycles. The van der Waals surface area contributed by atoms with Crippen molar-refractivity contribution in [3.05, 3.63) is 24.3 Å². The first-order chi connectivity index (χ1) is 11.8. The molecular weight excluding hydrogens is 328 g/mol. The van der Waals surface area contributed by atoms with Crippen LogP contribution in [0.3, 0.4) is 0 Å². The smallest absolute Gasteiger partial charge is 0.333 e. The quantitative estimate of drug-likeness (QED) is 0.272. The maximum atomic E-state index is 12.6. The Morgan fingerprint density at radius 2 is 2.12 bits per heavy atom. The van der Waals surface area contributed by atoms with E-state index in [1.807, 2.05) is 0 Å². The van der Waals surface area contributed by atoms with Crippen molar-refractivity contribution < 1.29 is 33.7 Å². The van der Waals surface area contributed by atoms with Crippen molar-refractivity contribution in [2.45, 2.75) is 45.3 Å². The van der Waals surface area contributed by atoms with Crippen LogP contribution in [0.25, 0.3) is 0 Å². The van der Waals surface area contributed by atoms with E-state index >= 15 is 0 Å². The number of hydrogen-bond acceptors (Lipinski definition) is 7. The molecule has 7 nitrogen and oxygen atoms in total. The van der Waals surface area contributed by atoms with E-state index in [1.165, 1.54) is 6.92 Å². The summed E-state index contributed by atoms with van der Waals surface area (Å²) in [5.74, 6) is -3.35. The molecule has 25 heavy (non-hydrogen) atoms. The van der Waals surface area contributed by atoms with E-state index in [9.17, 15) is 19.5 Å². The number of ether oxygens (including phenoxy) is 3. The summed E-state index contributed by atoms with van der Waals surface area (Å²) in [5.41, 5.74) is -0.994. The number of allylic oxidation sites excluding steroid dienone is 1. The number of carboxylic acid groups (broad SMARTS) is 1. The Kier molecular flexibility index (Phi) is 6.00. The Labute approximate surface area is 146 Å².